The Labute approximate surface area is 111 Å². The van der Waals surface area contributed by atoms with Gasteiger partial charge in [-0.15, -0.1) is 0 Å². The van der Waals surface area contributed by atoms with Crippen molar-refractivity contribution in [2.24, 2.45) is 5.92 Å². The SMILES string of the molecule is CCc1ccc(OCCN2CCCC(C)C2)cc1. The second-order valence-electron chi connectivity index (χ2n) is 5.39. The summed E-state index contributed by atoms with van der Waals surface area (Å²) in [5.74, 6) is 1.85. The molecule has 2 heteroatoms. The Kier molecular flexibility index (Phi) is 5.06. The predicted octanol–water partition coefficient (Wildman–Crippen LogP) is 3.36. The van der Waals surface area contributed by atoms with Gasteiger partial charge in [0.05, 0.1) is 0 Å². The van der Waals surface area contributed by atoms with Crippen LogP contribution in [0.2, 0.25) is 0 Å². The van der Waals surface area contributed by atoms with E-state index in [4.69, 9.17) is 4.74 Å². The molecule has 1 aliphatic heterocycles. The van der Waals surface area contributed by atoms with Crippen LogP contribution in [0.4, 0.5) is 0 Å². The van der Waals surface area contributed by atoms with Crippen LogP contribution < -0.4 is 4.74 Å². The first-order valence-electron chi connectivity index (χ1n) is 7.22. The molecule has 2 rings (SSSR count). The van der Waals surface area contributed by atoms with E-state index in [1.807, 2.05) is 0 Å². The second-order valence-corrected chi connectivity index (χ2v) is 5.39. The number of benzene rings is 1. The summed E-state index contributed by atoms with van der Waals surface area (Å²) in [5, 5.41) is 0. The van der Waals surface area contributed by atoms with Crippen LogP contribution in [0.3, 0.4) is 0 Å². The minimum atomic E-state index is 0.804. The van der Waals surface area contributed by atoms with Crippen molar-refractivity contribution in [1.29, 1.82) is 0 Å². The maximum atomic E-state index is 5.80. The van der Waals surface area contributed by atoms with Crippen molar-refractivity contribution in [2.45, 2.75) is 33.1 Å². The van der Waals surface area contributed by atoms with Crippen LogP contribution in [-0.2, 0) is 6.42 Å². The van der Waals surface area contributed by atoms with Gasteiger partial charge in [-0.25, -0.2) is 0 Å². The number of rotatable bonds is 5. The van der Waals surface area contributed by atoms with Gasteiger partial charge in [-0.3, -0.25) is 4.90 Å². The summed E-state index contributed by atoms with van der Waals surface area (Å²) in [4.78, 5) is 2.52. The van der Waals surface area contributed by atoms with Crippen molar-refractivity contribution in [3.63, 3.8) is 0 Å². The fraction of sp³-hybridized carbons (Fsp3) is 0.625. The maximum Gasteiger partial charge on any atom is 0.119 e. The van der Waals surface area contributed by atoms with Gasteiger partial charge in [-0.1, -0.05) is 26.0 Å². The lowest BCUT2D eigenvalue weighted by Gasteiger charge is -2.30. The van der Waals surface area contributed by atoms with Gasteiger partial charge in [0.15, 0.2) is 0 Å². The van der Waals surface area contributed by atoms with E-state index in [9.17, 15) is 0 Å². The van der Waals surface area contributed by atoms with Crippen LogP contribution >= 0.6 is 0 Å². The molecule has 1 aromatic carbocycles. The van der Waals surface area contributed by atoms with E-state index in [0.29, 0.717) is 0 Å². The molecule has 0 aromatic heterocycles. The molecule has 0 spiro atoms. The monoisotopic (exact) mass is 247 g/mol. The first kappa shape index (κ1) is 13.4. The van der Waals surface area contributed by atoms with E-state index in [1.54, 1.807) is 0 Å². The molecule has 0 amide bonds. The number of likely N-dealkylation sites (tertiary alicyclic amines) is 1. The van der Waals surface area contributed by atoms with Crippen LogP contribution in [0, 0.1) is 5.92 Å². The second kappa shape index (κ2) is 6.79. The van der Waals surface area contributed by atoms with Gasteiger partial charge in [0.2, 0.25) is 0 Å². The molecule has 1 atom stereocenters. The molecule has 1 aliphatic rings. The summed E-state index contributed by atoms with van der Waals surface area (Å²) in [7, 11) is 0. The molecule has 1 heterocycles. The average Bonchev–Trinajstić information content (AvgIpc) is 2.40. The summed E-state index contributed by atoms with van der Waals surface area (Å²) in [5.41, 5.74) is 1.37. The van der Waals surface area contributed by atoms with Gasteiger partial charge >= 0.3 is 0 Å². The lowest BCUT2D eigenvalue weighted by atomic mass is 10.0. The zero-order chi connectivity index (χ0) is 12.8. The van der Waals surface area contributed by atoms with Crippen molar-refractivity contribution in [2.75, 3.05) is 26.2 Å². The molecular weight excluding hydrogens is 222 g/mol. The highest BCUT2D eigenvalue weighted by atomic mass is 16.5. The molecule has 0 aliphatic carbocycles. The van der Waals surface area contributed by atoms with Crippen molar-refractivity contribution in [3.05, 3.63) is 29.8 Å². The third kappa shape index (κ3) is 4.02. The summed E-state index contributed by atoms with van der Waals surface area (Å²) in [6, 6.07) is 8.46. The van der Waals surface area contributed by atoms with E-state index in [1.165, 1.54) is 31.5 Å². The molecule has 1 fully saturated rings. The Balaban J connectivity index is 1.70. The molecular formula is C16H25NO. The highest BCUT2D eigenvalue weighted by Gasteiger charge is 2.15. The number of aryl methyl sites for hydroxylation is 1. The summed E-state index contributed by atoms with van der Waals surface area (Å²) < 4.78 is 5.80. The Morgan fingerprint density at radius 2 is 2.06 bits per heavy atom. The highest BCUT2D eigenvalue weighted by Crippen LogP contribution is 2.16. The van der Waals surface area contributed by atoms with E-state index in [-0.39, 0.29) is 0 Å². The van der Waals surface area contributed by atoms with Crippen molar-refractivity contribution < 1.29 is 4.74 Å². The van der Waals surface area contributed by atoms with E-state index in [0.717, 1.165) is 31.2 Å². The van der Waals surface area contributed by atoms with Crippen LogP contribution in [0.15, 0.2) is 24.3 Å². The van der Waals surface area contributed by atoms with Gasteiger partial charge in [-0.2, -0.15) is 0 Å². The summed E-state index contributed by atoms with van der Waals surface area (Å²) in [6.07, 6.45) is 3.81. The molecule has 100 valence electrons. The molecule has 0 N–H and O–H groups in total. The van der Waals surface area contributed by atoms with Crippen LogP contribution in [0.1, 0.15) is 32.3 Å². The molecule has 0 bridgehead atoms. The highest BCUT2D eigenvalue weighted by molar-refractivity contribution is 5.27. The molecule has 1 saturated heterocycles. The van der Waals surface area contributed by atoms with Gasteiger partial charge in [-0.05, 0) is 49.4 Å². The standard InChI is InChI=1S/C16H25NO/c1-3-15-6-8-16(9-7-15)18-12-11-17-10-4-5-14(2)13-17/h6-9,14H,3-5,10-13H2,1-2H3. The first-order chi connectivity index (χ1) is 8.78. The van der Waals surface area contributed by atoms with E-state index >= 15 is 0 Å². The molecule has 0 radical (unpaired) electrons. The number of ether oxygens (including phenoxy) is 1. The van der Waals surface area contributed by atoms with E-state index in [2.05, 4.69) is 43.0 Å². The number of hydrogen-bond acceptors (Lipinski definition) is 2. The Morgan fingerprint density at radius 3 is 2.72 bits per heavy atom. The quantitative estimate of drug-likeness (QED) is 0.791. The third-order valence-electron chi connectivity index (χ3n) is 3.75. The topological polar surface area (TPSA) is 12.5 Å². The minimum Gasteiger partial charge on any atom is -0.492 e. The van der Waals surface area contributed by atoms with Crippen LogP contribution in [0.25, 0.3) is 0 Å². The number of hydrogen-bond donors (Lipinski definition) is 0. The predicted molar refractivity (Wildman–Crippen MR) is 76.2 cm³/mol. The van der Waals surface area contributed by atoms with Crippen molar-refractivity contribution in [3.8, 4) is 5.75 Å². The Bertz CT molecular complexity index is 347. The first-order valence-corrected chi connectivity index (χ1v) is 7.22. The molecule has 1 aromatic rings. The van der Waals surface area contributed by atoms with Crippen molar-refractivity contribution in [1.82, 2.24) is 4.90 Å². The maximum absolute atomic E-state index is 5.80. The smallest absolute Gasteiger partial charge is 0.119 e. The van der Waals surface area contributed by atoms with Gasteiger partial charge in [0, 0.05) is 13.1 Å². The Morgan fingerprint density at radius 1 is 1.28 bits per heavy atom. The molecule has 2 nitrogen and oxygen atoms in total. The number of nitrogens with zero attached hydrogens (tertiary/aromatic N) is 1. The lowest BCUT2D eigenvalue weighted by molar-refractivity contribution is 0.153. The molecule has 1 unspecified atom stereocenters. The van der Waals surface area contributed by atoms with Gasteiger partial charge in [0.25, 0.3) is 0 Å². The third-order valence-corrected chi connectivity index (χ3v) is 3.75. The number of piperidine rings is 1. The van der Waals surface area contributed by atoms with Crippen molar-refractivity contribution >= 4 is 0 Å². The van der Waals surface area contributed by atoms with Crippen LogP contribution in [-0.4, -0.2) is 31.1 Å². The normalized spacial score (nSPS) is 20.9. The zero-order valence-corrected chi connectivity index (χ0v) is 11.7. The molecule has 18 heavy (non-hydrogen) atoms. The minimum absolute atomic E-state index is 0.804. The fourth-order valence-electron chi connectivity index (χ4n) is 2.60. The fourth-order valence-corrected chi connectivity index (χ4v) is 2.60. The van der Waals surface area contributed by atoms with E-state index < -0.39 is 0 Å². The van der Waals surface area contributed by atoms with Gasteiger partial charge in [0.1, 0.15) is 12.4 Å². The van der Waals surface area contributed by atoms with Crippen LogP contribution in [0.5, 0.6) is 5.75 Å². The zero-order valence-electron chi connectivity index (χ0n) is 11.7. The largest absolute Gasteiger partial charge is 0.492 e. The van der Waals surface area contributed by atoms with Gasteiger partial charge < -0.3 is 4.74 Å². The summed E-state index contributed by atoms with van der Waals surface area (Å²) >= 11 is 0. The summed E-state index contributed by atoms with van der Waals surface area (Å²) in [6.45, 7) is 8.85. The molecule has 0 saturated carbocycles. The Hall–Kier alpha value is -1.02. The average molecular weight is 247 g/mol. The lowest BCUT2D eigenvalue weighted by Crippen LogP contribution is -2.37.